The summed E-state index contributed by atoms with van der Waals surface area (Å²) in [7, 11) is 0. The van der Waals surface area contributed by atoms with E-state index in [-0.39, 0.29) is 0 Å². The third-order valence-electron chi connectivity index (χ3n) is 3.92. The van der Waals surface area contributed by atoms with Crippen LogP contribution in [0.2, 0.25) is 0 Å². The van der Waals surface area contributed by atoms with E-state index >= 15 is 0 Å². The van der Waals surface area contributed by atoms with E-state index in [9.17, 15) is 4.79 Å². The Morgan fingerprint density at radius 1 is 1.12 bits per heavy atom. The maximum Gasteiger partial charge on any atom is 0.405 e. The molecule has 130 valence electrons. The van der Waals surface area contributed by atoms with Crippen LogP contribution in [0.5, 0.6) is 5.75 Å². The molecular weight excluding hydrogens is 316 g/mol. The zero-order chi connectivity index (χ0) is 18.3. The van der Waals surface area contributed by atoms with Gasteiger partial charge in [0.1, 0.15) is 5.75 Å². The fraction of sp³-hybridized carbons (Fsp3) is 0.300. The summed E-state index contributed by atoms with van der Waals surface area (Å²) in [6, 6.07) is 17.7. The standard InChI is InChI=1S/C20H22N2O3/c1-20(2,22-19(23)24)17-9-5-15(6-10-17)16-7-11-18(12-8-16)25-14-4-3-13-21/h5-12,22H,3-4,14H2,1-2H3,(H,23,24). The Morgan fingerprint density at radius 3 is 2.20 bits per heavy atom. The van der Waals surface area contributed by atoms with Crippen molar-refractivity contribution in [2.75, 3.05) is 6.61 Å². The molecule has 5 nitrogen and oxygen atoms in total. The van der Waals surface area contributed by atoms with Crippen molar-refractivity contribution in [1.82, 2.24) is 5.32 Å². The third-order valence-corrected chi connectivity index (χ3v) is 3.92. The van der Waals surface area contributed by atoms with Gasteiger partial charge in [-0.2, -0.15) is 5.26 Å². The molecule has 2 aromatic carbocycles. The average Bonchev–Trinajstić information content (AvgIpc) is 2.58. The highest BCUT2D eigenvalue weighted by atomic mass is 16.5. The lowest BCUT2D eigenvalue weighted by Crippen LogP contribution is -2.39. The molecule has 0 fully saturated rings. The highest BCUT2D eigenvalue weighted by molar-refractivity contribution is 5.67. The number of ether oxygens (including phenoxy) is 1. The Labute approximate surface area is 147 Å². The topological polar surface area (TPSA) is 82.3 Å². The van der Waals surface area contributed by atoms with Crippen molar-refractivity contribution in [2.45, 2.75) is 32.2 Å². The molecule has 2 N–H and O–H groups in total. The number of benzene rings is 2. The minimum atomic E-state index is -1.04. The van der Waals surface area contributed by atoms with Gasteiger partial charge in [-0.05, 0) is 49.1 Å². The fourth-order valence-corrected chi connectivity index (χ4v) is 2.50. The van der Waals surface area contributed by atoms with E-state index in [4.69, 9.17) is 15.1 Å². The summed E-state index contributed by atoms with van der Waals surface area (Å²) in [5.74, 6) is 0.783. The van der Waals surface area contributed by atoms with Gasteiger partial charge in [0.05, 0.1) is 18.2 Å². The smallest absolute Gasteiger partial charge is 0.405 e. The molecule has 0 bridgehead atoms. The highest BCUT2D eigenvalue weighted by Crippen LogP contribution is 2.26. The molecule has 0 saturated carbocycles. The number of nitriles is 1. The van der Waals surface area contributed by atoms with E-state index in [1.54, 1.807) is 0 Å². The second kappa shape index (κ2) is 8.20. The SMILES string of the molecule is CC(C)(NC(=O)O)c1ccc(-c2ccc(OCCCC#N)cc2)cc1. The van der Waals surface area contributed by atoms with Crippen molar-refractivity contribution < 1.29 is 14.6 Å². The van der Waals surface area contributed by atoms with Crippen LogP contribution in [0.25, 0.3) is 11.1 Å². The molecule has 0 atom stereocenters. The molecule has 0 spiro atoms. The maximum absolute atomic E-state index is 10.9. The second-order valence-electron chi connectivity index (χ2n) is 6.27. The Hall–Kier alpha value is -3.00. The van der Waals surface area contributed by atoms with Crippen LogP contribution in [0.15, 0.2) is 48.5 Å². The monoisotopic (exact) mass is 338 g/mol. The molecule has 2 aromatic rings. The van der Waals surface area contributed by atoms with Crippen molar-refractivity contribution in [3.05, 3.63) is 54.1 Å². The van der Waals surface area contributed by atoms with Crippen LogP contribution in [0, 0.1) is 11.3 Å². The lowest BCUT2D eigenvalue weighted by Gasteiger charge is -2.25. The number of nitrogens with zero attached hydrogens (tertiary/aromatic N) is 1. The fourth-order valence-electron chi connectivity index (χ4n) is 2.50. The van der Waals surface area contributed by atoms with Gasteiger partial charge in [-0.25, -0.2) is 4.79 Å². The quantitative estimate of drug-likeness (QED) is 0.726. The lowest BCUT2D eigenvalue weighted by atomic mass is 9.92. The number of hydrogen-bond donors (Lipinski definition) is 2. The molecule has 0 aliphatic carbocycles. The second-order valence-corrected chi connectivity index (χ2v) is 6.27. The largest absolute Gasteiger partial charge is 0.494 e. The molecular formula is C20H22N2O3. The zero-order valence-corrected chi connectivity index (χ0v) is 14.5. The van der Waals surface area contributed by atoms with Gasteiger partial charge in [0.2, 0.25) is 0 Å². The van der Waals surface area contributed by atoms with Crippen LogP contribution < -0.4 is 10.1 Å². The molecule has 5 heteroatoms. The van der Waals surface area contributed by atoms with Crippen molar-refractivity contribution >= 4 is 6.09 Å². The molecule has 1 amide bonds. The van der Waals surface area contributed by atoms with Crippen LogP contribution in [0.4, 0.5) is 4.79 Å². The third kappa shape index (κ3) is 5.25. The number of rotatable bonds is 7. The highest BCUT2D eigenvalue weighted by Gasteiger charge is 2.22. The lowest BCUT2D eigenvalue weighted by molar-refractivity contribution is 0.182. The molecule has 0 heterocycles. The zero-order valence-electron chi connectivity index (χ0n) is 14.5. The molecule has 0 saturated heterocycles. The number of carboxylic acid groups (broad SMARTS) is 1. The van der Waals surface area contributed by atoms with E-state index in [1.807, 2.05) is 62.4 Å². The number of amides is 1. The number of unbranched alkanes of at least 4 members (excludes halogenated alkanes) is 1. The van der Waals surface area contributed by atoms with Crippen LogP contribution in [-0.2, 0) is 5.54 Å². The predicted octanol–water partition coefficient (Wildman–Crippen LogP) is 4.54. The van der Waals surface area contributed by atoms with Crippen LogP contribution >= 0.6 is 0 Å². The van der Waals surface area contributed by atoms with Crippen molar-refractivity contribution in [1.29, 1.82) is 5.26 Å². The van der Waals surface area contributed by atoms with Crippen molar-refractivity contribution in [3.8, 4) is 22.9 Å². The first-order valence-corrected chi connectivity index (χ1v) is 8.14. The number of carbonyl (C=O) groups is 1. The normalized spacial score (nSPS) is 10.8. The van der Waals surface area contributed by atoms with Crippen molar-refractivity contribution in [3.63, 3.8) is 0 Å². The summed E-state index contributed by atoms with van der Waals surface area (Å²) in [6.07, 6.45) is 0.177. The first-order chi connectivity index (χ1) is 11.9. The Morgan fingerprint density at radius 2 is 1.68 bits per heavy atom. The minimum Gasteiger partial charge on any atom is -0.494 e. The van der Waals surface area contributed by atoms with Gasteiger partial charge in [0.15, 0.2) is 0 Å². The predicted molar refractivity (Wildman–Crippen MR) is 96.4 cm³/mol. The molecule has 0 radical (unpaired) electrons. The molecule has 0 unspecified atom stereocenters. The first kappa shape index (κ1) is 18.3. The van der Waals surface area contributed by atoms with Crippen LogP contribution in [0.3, 0.4) is 0 Å². The molecule has 0 aliphatic heterocycles. The van der Waals surface area contributed by atoms with E-state index in [2.05, 4.69) is 11.4 Å². The summed E-state index contributed by atoms with van der Waals surface area (Å²) < 4.78 is 5.58. The molecule has 0 aromatic heterocycles. The van der Waals surface area contributed by atoms with Gasteiger partial charge in [-0.15, -0.1) is 0 Å². The summed E-state index contributed by atoms with van der Waals surface area (Å²) in [5.41, 5.74) is 2.35. The summed E-state index contributed by atoms with van der Waals surface area (Å²) in [6.45, 7) is 4.19. The Kier molecular flexibility index (Phi) is 6.02. The van der Waals surface area contributed by atoms with Crippen LogP contribution in [0.1, 0.15) is 32.3 Å². The summed E-state index contributed by atoms with van der Waals surface area (Å²) in [5, 5.41) is 19.9. The van der Waals surface area contributed by atoms with Gasteiger partial charge in [-0.3, -0.25) is 0 Å². The van der Waals surface area contributed by atoms with Gasteiger partial charge < -0.3 is 15.2 Å². The van der Waals surface area contributed by atoms with E-state index in [0.29, 0.717) is 13.0 Å². The summed E-state index contributed by atoms with van der Waals surface area (Å²) >= 11 is 0. The average molecular weight is 338 g/mol. The Bertz CT molecular complexity index is 744. The van der Waals surface area contributed by atoms with Gasteiger partial charge in [-0.1, -0.05) is 36.4 Å². The number of hydrogen-bond acceptors (Lipinski definition) is 3. The molecule has 2 rings (SSSR count). The Balaban J connectivity index is 2.04. The van der Waals surface area contributed by atoms with Gasteiger partial charge in [0, 0.05) is 6.42 Å². The van der Waals surface area contributed by atoms with E-state index in [0.717, 1.165) is 28.9 Å². The molecule has 25 heavy (non-hydrogen) atoms. The van der Waals surface area contributed by atoms with Crippen LogP contribution in [-0.4, -0.2) is 17.8 Å². The van der Waals surface area contributed by atoms with E-state index < -0.39 is 11.6 Å². The first-order valence-electron chi connectivity index (χ1n) is 8.14. The number of nitrogens with one attached hydrogen (secondary N) is 1. The maximum atomic E-state index is 10.9. The van der Waals surface area contributed by atoms with Gasteiger partial charge >= 0.3 is 6.09 Å². The van der Waals surface area contributed by atoms with Gasteiger partial charge in [0.25, 0.3) is 0 Å². The minimum absolute atomic E-state index is 0.498. The molecule has 0 aliphatic rings. The van der Waals surface area contributed by atoms with E-state index in [1.165, 1.54) is 0 Å². The van der Waals surface area contributed by atoms with Crippen molar-refractivity contribution in [2.24, 2.45) is 0 Å². The summed E-state index contributed by atoms with van der Waals surface area (Å²) in [4.78, 5) is 10.9.